The van der Waals surface area contributed by atoms with Crippen LogP contribution >= 0.6 is 0 Å². The summed E-state index contributed by atoms with van der Waals surface area (Å²) in [5, 5.41) is 3.35. The molecule has 2 aromatic carbocycles. The summed E-state index contributed by atoms with van der Waals surface area (Å²) in [5.74, 6) is -1.53. The molecule has 10 heteroatoms. The number of hydrogen-bond acceptors (Lipinski definition) is 4. The van der Waals surface area contributed by atoms with E-state index in [-0.39, 0.29) is 11.5 Å². The predicted molar refractivity (Wildman–Crippen MR) is 89.5 cm³/mol. The highest BCUT2D eigenvalue weighted by Gasteiger charge is 2.38. The van der Waals surface area contributed by atoms with Crippen LogP contribution in [-0.4, -0.2) is 27.0 Å². The van der Waals surface area contributed by atoms with Gasteiger partial charge in [-0.25, -0.2) is 4.79 Å². The molecule has 0 saturated carbocycles. The van der Waals surface area contributed by atoms with E-state index in [2.05, 4.69) is 19.6 Å². The lowest BCUT2D eigenvalue weighted by Crippen LogP contribution is -2.30. The molecule has 0 radical (unpaired) electrons. The maximum absolute atomic E-state index is 12.5. The van der Waals surface area contributed by atoms with Gasteiger partial charge in [0.15, 0.2) is 0 Å². The fraction of sp³-hybridized carbons (Fsp3) is 0.0625. The average Bonchev–Trinajstić information content (AvgIpc) is 3.21. The zero-order valence-electron chi connectivity index (χ0n) is 13.1. The highest BCUT2D eigenvalue weighted by molar-refractivity contribution is 6.52. The summed E-state index contributed by atoms with van der Waals surface area (Å²) < 4.78 is 43.4. The van der Waals surface area contributed by atoms with Crippen molar-refractivity contribution in [2.75, 3.05) is 0 Å². The van der Waals surface area contributed by atoms with Crippen LogP contribution in [0.2, 0.25) is 0 Å². The van der Waals surface area contributed by atoms with Crippen LogP contribution in [0.4, 0.5) is 13.2 Å². The van der Waals surface area contributed by atoms with Crippen molar-refractivity contribution in [2.24, 2.45) is 0 Å². The van der Waals surface area contributed by atoms with Crippen molar-refractivity contribution in [3.8, 4) is 11.4 Å². The lowest BCUT2D eigenvalue weighted by molar-refractivity contribution is -0.159. The third-order valence-corrected chi connectivity index (χ3v) is 3.90. The van der Waals surface area contributed by atoms with Gasteiger partial charge in [0.2, 0.25) is 5.82 Å². The first-order valence-electron chi connectivity index (χ1n) is 7.59. The average molecular weight is 358 g/mol. The van der Waals surface area contributed by atoms with Gasteiger partial charge in [-0.05, 0) is 12.1 Å². The zero-order chi connectivity index (χ0) is 18.3. The van der Waals surface area contributed by atoms with Gasteiger partial charge in [0, 0.05) is 5.56 Å². The maximum atomic E-state index is 12.5. The molecule has 0 saturated heterocycles. The van der Waals surface area contributed by atoms with Crippen molar-refractivity contribution >= 4 is 23.9 Å². The molecule has 0 fully saturated rings. The number of rotatable bonds is 3. The minimum atomic E-state index is -4.68. The summed E-state index contributed by atoms with van der Waals surface area (Å²) in [5.41, 5.74) is 2.47. The molecular weight excluding hydrogens is 348 g/mol. The Morgan fingerprint density at radius 3 is 2.50 bits per heavy atom. The van der Waals surface area contributed by atoms with E-state index in [4.69, 9.17) is 0 Å². The van der Waals surface area contributed by atoms with Gasteiger partial charge in [-0.15, -0.1) is 0 Å². The zero-order valence-corrected chi connectivity index (χ0v) is 13.1. The Kier molecular flexibility index (Phi) is 3.67. The van der Waals surface area contributed by atoms with Crippen molar-refractivity contribution in [3.63, 3.8) is 0 Å². The van der Waals surface area contributed by atoms with Gasteiger partial charge in [0.1, 0.15) is 0 Å². The van der Waals surface area contributed by atoms with E-state index in [0.717, 1.165) is 16.5 Å². The topological polar surface area (TPSA) is 76.7 Å². The second-order valence-corrected chi connectivity index (χ2v) is 5.65. The monoisotopic (exact) mass is 358 g/mol. The van der Waals surface area contributed by atoms with Crippen LogP contribution in [0.15, 0.2) is 57.8 Å². The van der Waals surface area contributed by atoms with Crippen molar-refractivity contribution in [1.82, 2.24) is 19.6 Å². The number of aromatic amines is 1. The van der Waals surface area contributed by atoms with Crippen molar-refractivity contribution in [1.29, 1.82) is 0 Å². The first-order valence-corrected chi connectivity index (χ1v) is 7.59. The largest absolute Gasteiger partial charge is 0.471 e. The quantitative estimate of drug-likeness (QED) is 0.568. The van der Waals surface area contributed by atoms with E-state index in [1.807, 2.05) is 24.3 Å². The molecule has 130 valence electrons. The van der Waals surface area contributed by atoms with Gasteiger partial charge >= 0.3 is 17.8 Å². The summed E-state index contributed by atoms with van der Waals surface area (Å²) in [6.07, 6.45) is -4.68. The number of hydrogen-bond donors (Lipinski definition) is 1. The van der Waals surface area contributed by atoms with Crippen molar-refractivity contribution < 1.29 is 17.7 Å². The number of halogens is 3. The Hall–Kier alpha value is -3.30. The number of alkyl halides is 3. The van der Waals surface area contributed by atoms with Gasteiger partial charge in [-0.2, -0.15) is 18.2 Å². The minimum Gasteiger partial charge on any atom is -0.337 e. The molecule has 1 N–H and O–H groups in total. The van der Waals surface area contributed by atoms with E-state index in [9.17, 15) is 18.0 Å². The molecule has 4 aromatic rings. The number of aromatic nitrogens is 4. The summed E-state index contributed by atoms with van der Waals surface area (Å²) >= 11 is 0. The minimum absolute atomic E-state index is 0.145. The number of H-pyrrole nitrogens is 1. The molecule has 0 bridgehead atoms. The highest BCUT2D eigenvalue weighted by Crippen LogP contribution is 2.29. The molecular formula is C16H10BF3N4O2. The highest BCUT2D eigenvalue weighted by atomic mass is 19.4. The molecule has 0 spiro atoms. The second-order valence-electron chi connectivity index (χ2n) is 5.65. The Balaban J connectivity index is 1.61. The van der Waals surface area contributed by atoms with Crippen LogP contribution in [0, 0.1) is 0 Å². The van der Waals surface area contributed by atoms with E-state index in [0.29, 0.717) is 13.0 Å². The first-order chi connectivity index (χ1) is 12.4. The number of nitrogens with zero attached hydrogens (tertiary/aromatic N) is 3. The molecule has 2 heterocycles. The second kappa shape index (κ2) is 5.90. The fourth-order valence-electron chi connectivity index (χ4n) is 2.66. The lowest BCUT2D eigenvalue weighted by atomic mass is 9.82. The van der Waals surface area contributed by atoms with E-state index in [1.165, 1.54) is 0 Å². The maximum Gasteiger partial charge on any atom is 0.471 e. The van der Waals surface area contributed by atoms with Crippen LogP contribution in [-0.2, 0) is 6.18 Å². The molecule has 26 heavy (non-hydrogen) atoms. The SMILES string of the molecule is O=c1[nH]c2ccccc2n1Bc1ccc(-c2noc(C(F)(F)F)n2)cc1. The molecule has 0 aliphatic carbocycles. The Labute approximate surface area is 144 Å². The van der Waals surface area contributed by atoms with Crippen LogP contribution in [0.1, 0.15) is 5.89 Å². The third-order valence-electron chi connectivity index (χ3n) is 3.90. The molecule has 0 amide bonds. The fourth-order valence-corrected chi connectivity index (χ4v) is 2.66. The third kappa shape index (κ3) is 2.89. The lowest BCUT2D eigenvalue weighted by Gasteiger charge is -2.03. The Morgan fingerprint density at radius 1 is 1.08 bits per heavy atom. The number of para-hydroxylation sites is 2. The number of benzene rings is 2. The number of fused-ring (bicyclic) bond motifs is 1. The standard InChI is InChI=1S/C16H10BF3N4O2/c18-16(19,20)14-22-13(23-26-14)9-5-7-10(8-6-9)17-24-12-4-2-1-3-11(12)21-15(24)25/h1-8,17H,(H,21,25). The molecule has 2 aromatic heterocycles. The summed E-state index contributed by atoms with van der Waals surface area (Å²) in [4.78, 5) is 18.2. The summed E-state index contributed by atoms with van der Waals surface area (Å²) in [6, 6.07) is 13.9. The summed E-state index contributed by atoms with van der Waals surface area (Å²) in [6.45, 7) is 0. The van der Waals surface area contributed by atoms with E-state index in [1.54, 1.807) is 28.7 Å². The number of nitrogens with one attached hydrogen (secondary N) is 1. The molecule has 0 unspecified atom stereocenters. The van der Waals surface area contributed by atoms with E-state index < -0.39 is 12.1 Å². The van der Waals surface area contributed by atoms with Crippen LogP contribution in [0.3, 0.4) is 0 Å². The Morgan fingerprint density at radius 2 is 1.81 bits per heavy atom. The summed E-state index contributed by atoms with van der Waals surface area (Å²) in [7, 11) is 0.323. The van der Waals surface area contributed by atoms with Crippen molar-refractivity contribution in [3.05, 3.63) is 64.9 Å². The van der Waals surface area contributed by atoms with Gasteiger partial charge in [0.25, 0.3) is 7.41 Å². The molecule has 0 aliphatic rings. The first kappa shape index (κ1) is 16.2. The van der Waals surface area contributed by atoms with Crippen LogP contribution < -0.4 is 11.2 Å². The van der Waals surface area contributed by atoms with Crippen LogP contribution in [0.25, 0.3) is 22.4 Å². The molecule has 4 rings (SSSR count). The molecule has 6 nitrogen and oxygen atoms in total. The normalized spacial score (nSPS) is 11.8. The van der Waals surface area contributed by atoms with Gasteiger partial charge in [-0.3, -0.25) is 0 Å². The van der Waals surface area contributed by atoms with Gasteiger partial charge in [0.05, 0.1) is 11.0 Å². The van der Waals surface area contributed by atoms with Gasteiger partial charge in [-0.1, -0.05) is 47.0 Å². The van der Waals surface area contributed by atoms with E-state index >= 15 is 0 Å². The van der Waals surface area contributed by atoms with Gasteiger partial charge < -0.3 is 14.0 Å². The number of imidazole rings is 1. The molecule has 0 aliphatic heterocycles. The van der Waals surface area contributed by atoms with Crippen molar-refractivity contribution in [2.45, 2.75) is 6.18 Å². The molecule has 0 atom stereocenters. The smallest absolute Gasteiger partial charge is 0.337 e. The predicted octanol–water partition coefficient (Wildman–Crippen LogP) is 1.92. The Bertz CT molecular complexity index is 1130. The van der Waals surface area contributed by atoms with Crippen LogP contribution in [0.5, 0.6) is 0 Å².